The van der Waals surface area contributed by atoms with E-state index < -0.39 is 0 Å². The number of nitrogens with one attached hydrogen (secondary N) is 2. The molecule has 0 aromatic carbocycles. The number of hydrogen-bond acceptors (Lipinski definition) is 3. The van der Waals surface area contributed by atoms with Crippen molar-refractivity contribution in [2.75, 3.05) is 13.2 Å². The van der Waals surface area contributed by atoms with Gasteiger partial charge in [-0.15, -0.1) is 0 Å². The van der Waals surface area contributed by atoms with E-state index in [0.29, 0.717) is 6.04 Å². The molecular weight excluding hydrogens is 228 g/mol. The lowest BCUT2D eigenvalue weighted by Gasteiger charge is -2.37. The van der Waals surface area contributed by atoms with Crippen molar-refractivity contribution in [3.63, 3.8) is 0 Å². The van der Waals surface area contributed by atoms with E-state index in [-0.39, 0.29) is 23.5 Å². The van der Waals surface area contributed by atoms with Gasteiger partial charge in [0.25, 0.3) is 0 Å². The second kappa shape index (κ2) is 5.57. The van der Waals surface area contributed by atoms with Crippen LogP contribution < -0.4 is 10.6 Å². The maximum atomic E-state index is 12.2. The molecule has 2 aliphatic heterocycles. The lowest BCUT2D eigenvalue weighted by molar-refractivity contribution is -0.129. The standard InChI is InChI=1S/C14H26N2O2/c1-10-8-11(4-6-15-10)13(17)16-12-5-7-18-14(2,3)9-12/h10-12,15H,4-9H2,1-3H3,(H,16,17). The van der Waals surface area contributed by atoms with E-state index >= 15 is 0 Å². The minimum atomic E-state index is -0.0996. The van der Waals surface area contributed by atoms with Gasteiger partial charge in [0.1, 0.15) is 0 Å². The topological polar surface area (TPSA) is 50.4 Å². The monoisotopic (exact) mass is 254 g/mol. The SMILES string of the molecule is CC1CC(C(=O)NC2CCOC(C)(C)C2)CCN1. The molecule has 1 amide bonds. The average Bonchev–Trinajstić information content (AvgIpc) is 2.27. The summed E-state index contributed by atoms with van der Waals surface area (Å²) in [7, 11) is 0. The molecule has 4 heteroatoms. The quantitative estimate of drug-likeness (QED) is 0.784. The Kier molecular flexibility index (Phi) is 4.28. The predicted octanol–water partition coefficient (Wildman–Crippen LogP) is 1.45. The van der Waals surface area contributed by atoms with E-state index in [2.05, 4.69) is 31.4 Å². The van der Waals surface area contributed by atoms with Crippen LogP contribution in [-0.4, -0.2) is 36.7 Å². The van der Waals surface area contributed by atoms with Crippen LogP contribution in [0.15, 0.2) is 0 Å². The van der Waals surface area contributed by atoms with Crippen LogP contribution in [0.1, 0.15) is 46.5 Å². The molecule has 0 radical (unpaired) electrons. The Morgan fingerprint density at radius 3 is 2.83 bits per heavy atom. The number of rotatable bonds is 2. The van der Waals surface area contributed by atoms with Crippen molar-refractivity contribution in [3.05, 3.63) is 0 Å². The molecule has 2 aliphatic rings. The van der Waals surface area contributed by atoms with Crippen LogP contribution in [-0.2, 0) is 9.53 Å². The predicted molar refractivity (Wildman–Crippen MR) is 71.4 cm³/mol. The van der Waals surface area contributed by atoms with Crippen LogP contribution in [0, 0.1) is 5.92 Å². The molecule has 0 aromatic rings. The Morgan fingerprint density at radius 2 is 2.17 bits per heavy atom. The number of carbonyl (C=O) groups is 1. The van der Waals surface area contributed by atoms with Gasteiger partial charge >= 0.3 is 0 Å². The molecule has 0 aromatic heterocycles. The van der Waals surface area contributed by atoms with Gasteiger partial charge in [-0.2, -0.15) is 0 Å². The Hall–Kier alpha value is -0.610. The van der Waals surface area contributed by atoms with Gasteiger partial charge in [-0.05, 0) is 53.0 Å². The van der Waals surface area contributed by atoms with Crippen molar-refractivity contribution in [1.29, 1.82) is 0 Å². The maximum Gasteiger partial charge on any atom is 0.223 e. The summed E-state index contributed by atoms with van der Waals surface area (Å²) >= 11 is 0. The van der Waals surface area contributed by atoms with Crippen LogP contribution in [0.2, 0.25) is 0 Å². The first-order chi connectivity index (χ1) is 8.46. The number of piperidine rings is 1. The second-order valence-corrected chi connectivity index (χ2v) is 6.38. The second-order valence-electron chi connectivity index (χ2n) is 6.38. The number of ether oxygens (including phenoxy) is 1. The first-order valence-corrected chi connectivity index (χ1v) is 7.14. The lowest BCUT2D eigenvalue weighted by Crippen LogP contribution is -2.49. The smallest absolute Gasteiger partial charge is 0.223 e. The summed E-state index contributed by atoms with van der Waals surface area (Å²) < 4.78 is 5.68. The highest BCUT2D eigenvalue weighted by Crippen LogP contribution is 2.25. The molecule has 0 bridgehead atoms. The van der Waals surface area contributed by atoms with Crippen molar-refractivity contribution < 1.29 is 9.53 Å². The van der Waals surface area contributed by atoms with Crippen molar-refractivity contribution in [1.82, 2.24) is 10.6 Å². The molecule has 2 rings (SSSR count). The third kappa shape index (κ3) is 3.69. The average molecular weight is 254 g/mol. The molecule has 4 nitrogen and oxygen atoms in total. The zero-order valence-corrected chi connectivity index (χ0v) is 11.8. The number of carbonyl (C=O) groups excluding carboxylic acids is 1. The third-order valence-corrected chi connectivity index (χ3v) is 4.04. The van der Waals surface area contributed by atoms with Gasteiger partial charge in [0, 0.05) is 24.6 Å². The molecule has 2 fully saturated rings. The molecule has 0 aliphatic carbocycles. The zero-order chi connectivity index (χ0) is 13.2. The van der Waals surface area contributed by atoms with Crippen LogP contribution in [0.3, 0.4) is 0 Å². The van der Waals surface area contributed by atoms with Crippen LogP contribution >= 0.6 is 0 Å². The molecule has 2 heterocycles. The Balaban J connectivity index is 1.83. The van der Waals surface area contributed by atoms with Crippen molar-refractivity contribution in [2.45, 2.75) is 64.1 Å². The van der Waals surface area contributed by atoms with Crippen molar-refractivity contribution >= 4 is 5.91 Å². The summed E-state index contributed by atoms with van der Waals surface area (Å²) in [5.74, 6) is 0.429. The summed E-state index contributed by atoms with van der Waals surface area (Å²) in [4.78, 5) is 12.2. The van der Waals surface area contributed by atoms with E-state index in [1.165, 1.54) is 0 Å². The van der Waals surface area contributed by atoms with Crippen molar-refractivity contribution in [2.24, 2.45) is 5.92 Å². The van der Waals surface area contributed by atoms with E-state index in [1.807, 2.05) is 0 Å². The normalized spacial score (nSPS) is 36.1. The number of amides is 1. The van der Waals surface area contributed by atoms with Crippen LogP contribution in [0.5, 0.6) is 0 Å². The van der Waals surface area contributed by atoms with Gasteiger partial charge in [-0.1, -0.05) is 0 Å². The van der Waals surface area contributed by atoms with Gasteiger partial charge in [0.15, 0.2) is 0 Å². The van der Waals surface area contributed by atoms with Crippen molar-refractivity contribution in [3.8, 4) is 0 Å². The largest absolute Gasteiger partial charge is 0.375 e. The molecule has 2 N–H and O–H groups in total. The van der Waals surface area contributed by atoms with Gasteiger partial charge in [0.2, 0.25) is 5.91 Å². The van der Waals surface area contributed by atoms with Gasteiger partial charge in [-0.3, -0.25) is 4.79 Å². The number of hydrogen-bond donors (Lipinski definition) is 2. The van der Waals surface area contributed by atoms with E-state index in [1.54, 1.807) is 0 Å². The molecule has 2 saturated heterocycles. The van der Waals surface area contributed by atoms with E-state index in [9.17, 15) is 4.79 Å². The Bertz CT molecular complexity index is 304. The van der Waals surface area contributed by atoms with Gasteiger partial charge < -0.3 is 15.4 Å². The molecule has 3 atom stereocenters. The summed E-state index contributed by atoms with van der Waals surface area (Å²) in [6.45, 7) is 8.05. The summed E-state index contributed by atoms with van der Waals surface area (Å²) in [6.07, 6.45) is 3.77. The Morgan fingerprint density at radius 1 is 1.39 bits per heavy atom. The maximum absolute atomic E-state index is 12.2. The van der Waals surface area contributed by atoms with Crippen LogP contribution in [0.4, 0.5) is 0 Å². The highest BCUT2D eigenvalue weighted by atomic mass is 16.5. The first-order valence-electron chi connectivity index (χ1n) is 7.14. The molecule has 0 saturated carbocycles. The van der Waals surface area contributed by atoms with Gasteiger partial charge in [-0.25, -0.2) is 0 Å². The highest BCUT2D eigenvalue weighted by Gasteiger charge is 2.32. The summed E-state index contributed by atoms with van der Waals surface area (Å²) in [5, 5.41) is 6.60. The molecule has 0 spiro atoms. The third-order valence-electron chi connectivity index (χ3n) is 4.04. The zero-order valence-electron chi connectivity index (χ0n) is 11.8. The minimum Gasteiger partial charge on any atom is -0.375 e. The fraction of sp³-hybridized carbons (Fsp3) is 0.929. The first kappa shape index (κ1) is 13.8. The summed E-state index contributed by atoms with van der Waals surface area (Å²) in [5.41, 5.74) is -0.0996. The minimum absolute atomic E-state index is 0.0996. The summed E-state index contributed by atoms with van der Waals surface area (Å²) in [6, 6.07) is 0.743. The van der Waals surface area contributed by atoms with Crippen LogP contribution in [0.25, 0.3) is 0 Å². The Labute approximate surface area is 110 Å². The lowest BCUT2D eigenvalue weighted by atomic mass is 9.90. The molecule has 3 unspecified atom stereocenters. The fourth-order valence-electron chi connectivity index (χ4n) is 3.04. The van der Waals surface area contributed by atoms with E-state index in [4.69, 9.17) is 4.74 Å². The van der Waals surface area contributed by atoms with E-state index in [0.717, 1.165) is 38.8 Å². The molecular formula is C14H26N2O2. The fourth-order valence-corrected chi connectivity index (χ4v) is 3.04. The van der Waals surface area contributed by atoms with Gasteiger partial charge in [0.05, 0.1) is 5.60 Å². The molecule has 104 valence electrons. The highest BCUT2D eigenvalue weighted by molar-refractivity contribution is 5.79. The molecule has 18 heavy (non-hydrogen) atoms.